The van der Waals surface area contributed by atoms with E-state index in [0.717, 1.165) is 0 Å². The Morgan fingerprint density at radius 2 is 1.92 bits per heavy atom. The third kappa shape index (κ3) is 2.90. The largest absolute Gasteiger partial charge is 0.481 e. The normalized spacial score (nSPS) is 15.2. The number of hydrogen-bond donors (Lipinski definition) is 2. The fourth-order valence-electron chi connectivity index (χ4n) is 0.741. The summed E-state index contributed by atoms with van der Waals surface area (Å²) in [5.41, 5.74) is -1.02. The van der Waals surface area contributed by atoms with E-state index in [1.807, 2.05) is 0 Å². The van der Waals surface area contributed by atoms with Crippen LogP contribution in [0.25, 0.3) is 0 Å². The first kappa shape index (κ1) is 10.9. The van der Waals surface area contributed by atoms with E-state index >= 15 is 0 Å². The highest BCUT2D eigenvalue weighted by atomic mass is 16.4. The van der Waals surface area contributed by atoms with E-state index in [0.29, 0.717) is 0 Å². The van der Waals surface area contributed by atoms with Crippen LogP contribution >= 0.6 is 0 Å². The van der Waals surface area contributed by atoms with Gasteiger partial charge >= 0.3 is 11.9 Å². The van der Waals surface area contributed by atoms with Crippen LogP contribution < -0.4 is 0 Å². The Kier molecular flexibility index (Phi) is 3.73. The summed E-state index contributed by atoms with van der Waals surface area (Å²) >= 11 is 0. The predicted molar refractivity (Wildman–Crippen MR) is 42.6 cm³/mol. The molecular formula is C8H13O4. The molecule has 12 heavy (non-hydrogen) atoms. The Bertz CT molecular complexity index is 187. The van der Waals surface area contributed by atoms with Crippen LogP contribution in [-0.2, 0) is 9.59 Å². The van der Waals surface area contributed by atoms with E-state index in [-0.39, 0.29) is 12.8 Å². The molecular weight excluding hydrogens is 160 g/mol. The summed E-state index contributed by atoms with van der Waals surface area (Å²) in [6.45, 7) is 3.13. The summed E-state index contributed by atoms with van der Waals surface area (Å²) in [7, 11) is 0. The number of rotatable bonds is 5. The first-order valence-electron chi connectivity index (χ1n) is 3.68. The van der Waals surface area contributed by atoms with Gasteiger partial charge in [-0.15, -0.1) is 0 Å². The highest BCUT2D eigenvalue weighted by molar-refractivity contribution is 5.77. The molecule has 0 spiro atoms. The lowest BCUT2D eigenvalue weighted by Crippen LogP contribution is -2.27. The molecule has 0 heterocycles. The zero-order chi connectivity index (χ0) is 9.78. The van der Waals surface area contributed by atoms with Gasteiger partial charge < -0.3 is 10.2 Å². The van der Waals surface area contributed by atoms with Crippen LogP contribution in [0.1, 0.15) is 26.7 Å². The lowest BCUT2D eigenvalue weighted by molar-refractivity contribution is -0.147. The van der Waals surface area contributed by atoms with Gasteiger partial charge in [0.1, 0.15) is 0 Å². The molecule has 1 unspecified atom stereocenters. The average Bonchev–Trinajstić information content (AvgIpc) is 1.99. The summed E-state index contributed by atoms with van der Waals surface area (Å²) in [5, 5.41) is 17.1. The molecule has 2 N–H and O–H groups in total. The first-order valence-corrected chi connectivity index (χ1v) is 3.68. The second-order valence-electron chi connectivity index (χ2n) is 2.91. The monoisotopic (exact) mass is 173 g/mol. The van der Waals surface area contributed by atoms with Crippen LogP contribution in [0.5, 0.6) is 0 Å². The average molecular weight is 173 g/mol. The molecule has 0 bridgehead atoms. The Morgan fingerprint density at radius 1 is 1.42 bits per heavy atom. The molecule has 0 amide bonds. The number of aliphatic carboxylic acids is 2. The standard InChI is InChI=1S/C8H13O4/c1-3-8(2,7(11)12)5-4-6(9)10/h3H,4-5H2,1-2H3,(H,9,10)(H,11,12). The van der Waals surface area contributed by atoms with Gasteiger partial charge in [0, 0.05) is 6.42 Å². The number of carboxylic acid groups (broad SMARTS) is 2. The van der Waals surface area contributed by atoms with Crippen molar-refractivity contribution in [1.29, 1.82) is 0 Å². The molecule has 0 aliphatic carbocycles. The maximum Gasteiger partial charge on any atom is 0.309 e. The van der Waals surface area contributed by atoms with Crippen molar-refractivity contribution < 1.29 is 19.8 Å². The van der Waals surface area contributed by atoms with Crippen molar-refractivity contribution in [2.45, 2.75) is 26.7 Å². The van der Waals surface area contributed by atoms with Gasteiger partial charge in [-0.1, -0.05) is 6.92 Å². The topological polar surface area (TPSA) is 74.6 Å². The molecule has 0 saturated heterocycles. The second kappa shape index (κ2) is 4.09. The van der Waals surface area contributed by atoms with Crippen molar-refractivity contribution in [3.05, 3.63) is 6.42 Å². The second-order valence-corrected chi connectivity index (χ2v) is 2.91. The fourth-order valence-corrected chi connectivity index (χ4v) is 0.741. The molecule has 0 aliphatic rings. The van der Waals surface area contributed by atoms with Crippen LogP contribution in [-0.4, -0.2) is 22.2 Å². The van der Waals surface area contributed by atoms with Crippen molar-refractivity contribution in [3.8, 4) is 0 Å². The van der Waals surface area contributed by atoms with Crippen LogP contribution in [0, 0.1) is 11.8 Å². The molecule has 69 valence electrons. The molecule has 0 saturated carbocycles. The van der Waals surface area contributed by atoms with E-state index in [2.05, 4.69) is 0 Å². The molecule has 0 aliphatic heterocycles. The van der Waals surface area contributed by atoms with Gasteiger partial charge in [0.2, 0.25) is 0 Å². The van der Waals surface area contributed by atoms with Crippen molar-refractivity contribution in [2.24, 2.45) is 5.41 Å². The first-order chi connectivity index (χ1) is 5.42. The Hall–Kier alpha value is -1.06. The van der Waals surface area contributed by atoms with Crippen LogP contribution in [0.3, 0.4) is 0 Å². The maximum absolute atomic E-state index is 10.6. The van der Waals surface area contributed by atoms with E-state index in [1.165, 1.54) is 13.3 Å². The molecule has 0 rings (SSSR count). The minimum absolute atomic E-state index is 0.118. The quantitative estimate of drug-likeness (QED) is 0.654. The molecule has 0 fully saturated rings. The minimum Gasteiger partial charge on any atom is -0.481 e. The lowest BCUT2D eigenvalue weighted by Gasteiger charge is -2.21. The van der Waals surface area contributed by atoms with Gasteiger partial charge in [-0.05, 0) is 19.8 Å². The summed E-state index contributed by atoms with van der Waals surface area (Å²) in [5.74, 6) is -1.95. The molecule has 0 aromatic carbocycles. The zero-order valence-corrected chi connectivity index (χ0v) is 7.20. The van der Waals surface area contributed by atoms with Crippen LogP contribution in [0.4, 0.5) is 0 Å². The zero-order valence-electron chi connectivity index (χ0n) is 7.20. The van der Waals surface area contributed by atoms with E-state index in [1.54, 1.807) is 6.92 Å². The third-order valence-corrected chi connectivity index (χ3v) is 1.98. The van der Waals surface area contributed by atoms with E-state index < -0.39 is 17.4 Å². The number of carbonyl (C=O) groups is 2. The minimum atomic E-state index is -1.02. The maximum atomic E-state index is 10.6. The highest BCUT2D eigenvalue weighted by Gasteiger charge is 2.31. The van der Waals surface area contributed by atoms with Gasteiger partial charge in [0.25, 0.3) is 0 Å². The fraction of sp³-hybridized carbons (Fsp3) is 0.625. The SMILES string of the molecule is C[CH]C(C)(CCC(=O)O)C(=O)O. The van der Waals surface area contributed by atoms with Crippen molar-refractivity contribution >= 4 is 11.9 Å². The Labute approximate surface area is 71.2 Å². The van der Waals surface area contributed by atoms with Gasteiger partial charge in [-0.2, -0.15) is 0 Å². The van der Waals surface area contributed by atoms with Crippen LogP contribution in [0.2, 0.25) is 0 Å². The van der Waals surface area contributed by atoms with Crippen molar-refractivity contribution in [2.75, 3.05) is 0 Å². The molecule has 1 atom stereocenters. The summed E-state index contributed by atoms with van der Waals surface area (Å²) in [6.07, 6.45) is 1.53. The van der Waals surface area contributed by atoms with Gasteiger partial charge in [0.05, 0.1) is 5.41 Å². The number of carboxylic acids is 2. The number of hydrogen-bond acceptors (Lipinski definition) is 2. The van der Waals surface area contributed by atoms with Gasteiger partial charge in [-0.3, -0.25) is 9.59 Å². The Balaban J connectivity index is 4.15. The van der Waals surface area contributed by atoms with Crippen molar-refractivity contribution in [3.63, 3.8) is 0 Å². The summed E-state index contributed by atoms with van der Waals surface area (Å²) in [4.78, 5) is 20.8. The smallest absolute Gasteiger partial charge is 0.309 e. The van der Waals surface area contributed by atoms with E-state index in [4.69, 9.17) is 10.2 Å². The van der Waals surface area contributed by atoms with Crippen molar-refractivity contribution in [1.82, 2.24) is 0 Å². The summed E-state index contributed by atoms with van der Waals surface area (Å²) in [6, 6.07) is 0. The highest BCUT2D eigenvalue weighted by Crippen LogP contribution is 2.26. The van der Waals surface area contributed by atoms with E-state index in [9.17, 15) is 9.59 Å². The molecule has 0 aromatic rings. The molecule has 4 nitrogen and oxygen atoms in total. The molecule has 1 radical (unpaired) electrons. The van der Waals surface area contributed by atoms with Gasteiger partial charge in [0.15, 0.2) is 0 Å². The van der Waals surface area contributed by atoms with Crippen LogP contribution in [0.15, 0.2) is 0 Å². The lowest BCUT2D eigenvalue weighted by atomic mass is 9.83. The predicted octanol–water partition coefficient (Wildman–Crippen LogP) is 1.17. The molecule has 0 aromatic heterocycles. The van der Waals surface area contributed by atoms with Gasteiger partial charge in [-0.25, -0.2) is 0 Å². The summed E-state index contributed by atoms with van der Waals surface area (Å²) < 4.78 is 0. The Morgan fingerprint density at radius 3 is 2.17 bits per heavy atom. The third-order valence-electron chi connectivity index (χ3n) is 1.98. The molecule has 4 heteroatoms.